The van der Waals surface area contributed by atoms with Crippen molar-refractivity contribution in [3.05, 3.63) is 76.9 Å². The average molecular weight is 452 g/mol. The number of nitrogens with zero attached hydrogens (tertiary/aromatic N) is 4. The lowest BCUT2D eigenvalue weighted by Crippen LogP contribution is -2.55. The summed E-state index contributed by atoms with van der Waals surface area (Å²) in [6.07, 6.45) is 0.884. The molecule has 7 nitrogen and oxygen atoms in total. The van der Waals surface area contributed by atoms with E-state index in [0.29, 0.717) is 41.4 Å². The Bertz CT molecular complexity index is 1100. The predicted octanol–water partition coefficient (Wildman–Crippen LogP) is 4.34. The molecule has 2 atom stereocenters. The summed E-state index contributed by atoms with van der Waals surface area (Å²) in [7, 11) is 0. The quantitative estimate of drug-likeness (QED) is 0.638. The maximum Gasteiger partial charge on any atom is 0.321 e. The number of halogens is 1. The number of anilines is 1. The second kappa shape index (κ2) is 8.56. The molecular weight excluding hydrogens is 426 g/mol. The highest BCUT2D eigenvalue weighted by atomic mass is 35.5. The Morgan fingerprint density at radius 1 is 1.19 bits per heavy atom. The van der Waals surface area contributed by atoms with Gasteiger partial charge < -0.3 is 14.7 Å². The number of hydrogen-bond donors (Lipinski definition) is 1. The van der Waals surface area contributed by atoms with E-state index in [2.05, 4.69) is 44.6 Å². The van der Waals surface area contributed by atoms with Crippen molar-refractivity contribution in [3.63, 3.8) is 0 Å². The zero-order valence-electron chi connectivity index (χ0n) is 18.0. The van der Waals surface area contributed by atoms with Crippen LogP contribution in [0.25, 0.3) is 0 Å². The number of amides is 2. The van der Waals surface area contributed by atoms with E-state index in [4.69, 9.17) is 16.1 Å². The average Bonchev–Trinajstić information content (AvgIpc) is 3.39. The minimum absolute atomic E-state index is 0.155. The third-order valence-electron chi connectivity index (χ3n) is 6.61. The van der Waals surface area contributed by atoms with Crippen LogP contribution in [0.5, 0.6) is 0 Å². The molecule has 1 N–H and O–H groups in total. The van der Waals surface area contributed by atoms with E-state index in [9.17, 15) is 4.79 Å². The van der Waals surface area contributed by atoms with Crippen molar-refractivity contribution in [3.8, 4) is 0 Å². The predicted molar refractivity (Wildman–Crippen MR) is 123 cm³/mol. The number of urea groups is 1. The highest BCUT2D eigenvalue weighted by molar-refractivity contribution is 6.33. The van der Waals surface area contributed by atoms with Gasteiger partial charge in [-0.15, -0.1) is 0 Å². The second-order valence-corrected chi connectivity index (χ2v) is 9.17. The van der Waals surface area contributed by atoms with E-state index in [1.165, 1.54) is 5.56 Å². The van der Waals surface area contributed by atoms with Crippen LogP contribution in [0.4, 0.5) is 10.5 Å². The number of carbonyl (C=O) groups is 1. The second-order valence-electron chi connectivity index (χ2n) is 8.77. The van der Waals surface area contributed by atoms with Gasteiger partial charge in [-0.3, -0.25) is 4.90 Å². The molecule has 2 aromatic carbocycles. The molecule has 32 heavy (non-hydrogen) atoms. The van der Waals surface area contributed by atoms with E-state index in [-0.39, 0.29) is 11.4 Å². The molecule has 8 heteroatoms. The van der Waals surface area contributed by atoms with Gasteiger partial charge in [0.05, 0.1) is 16.1 Å². The summed E-state index contributed by atoms with van der Waals surface area (Å²) in [5.74, 6) is 1.60. The fraction of sp³-hybridized carbons (Fsp3) is 0.375. The first-order chi connectivity index (χ1) is 15.5. The van der Waals surface area contributed by atoms with Gasteiger partial charge in [-0.2, -0.15) is 4.98 Å². The third-order valence-corrected chi connectivity index (χ3v) is 6.94. The molecule has 0 spiro atoms. The van der Waals surface area contributed by atoms with Crippen LogP contribution >= 0.6 is 11.6 Å². The van der Waals surface area contributed by atoms with E-state index in [1.807, 2.05) is 36.1 Å². The maximum atomic E-state index is 13.1. The molecule has 2 saturated heterocycles. The molecule has 2 aliphatic rings. The van der Waals surface area contributed by atoms with E-state index >= 15 is 0 Å². The Labute approximate surface area is 192 Å². The highest BCUT2D eigenvalue weighted by Gasteiger charge is 2.54. The van der Waals surface area contributed by atoms with E-state index < -0.39 is 0 Å². The van der Waals surface area contributed by atoms with Crippen molar-refractivity contribution in [1.29, 1.82) is 0 Å². The first-order valence-electron chi connectivity index (χ1n) is 10.9. The number of fused-ring (bicyclic) bond motifs is 1. The molecular formula is C24H26ClN5O2. The molecule has 1 aromatic heterocycles. The van der Waals surface area contributed by atoms with Gasteiger partial charge in [0, 0.05) is 39.6 Å². The smallest absolute Gasteiger partial charge is 0.321 e. The normalized spacial score (nSPS) is 23.2. The lowest BCUT2D eigenvalue weighted by molar-refractivity contribution is 0.131. The zero-order valence-corrected chi connectivity index (χ0v) is 18.8. The van der Waals surface area contributed by atoms with Gasteiger partial charge in [-0.05, 0) is 30.0 Å². The number of rotatable bonds is 4. The van der Waals surface area contributed by atoms with Gasteiger partial charge in [-0.1, -0.05) is 59.2 Å². The number of aromatic nitrogens is 2. The van der Waals surface area contributed by atoms with Gasteiger partial charge in [0.2, 0.25) is 5.89 Å². The fourth-order valence-corrected chi connectivity index (χ4v) is 5.26. The first kappa shape index (κ1) is 21.0. The van der Waals surface area contributed by atoms with Gasteiger partial charge in [0.15, 0.2) is 5.82 Å². The summed E-state index contributed by atoms with van der Waals surface area (Å²) in [6.45, 7) is 5.62. The molecule has 2 amide bonds. The summed E-state index contributed by atoms with van der Waals surface area (Å²) in [4.78, 5) is 22.1. The Morgan fingerprint density at radius 3 is 2.72 bits per heavy atom. The van der Waals surface area contributed by atoms with Gasteiger partial charge in [0.25, 0.3) is 0 Å². The summed E-state index contributed by atoms with van der Waals surface area (Å²) >= 11 is 6.25. The van der Waals surface area contributed by atoms with Crippen molar-refractivity contribution in [2.45, 2.75) is 25.3 Å². The molecule has 5 rings (SSSR count). The number of benzene rings is 2. The van der Waals surface area contributed by atoms with Crippen LogP contribution in [-0.2, 0) is 12.0 Å². The molecule has 0 bridgehead atoms. The number of hydrogen-bond acceptors (Lipinski definition) is 5. The van der Waals surface area contributed by atoms with Crippen molar-refractivity contribution in [2.75, 3.05) is 31.5 Å². The minimum atomic E-state index is -0.359. The highest BCUT2D eigenvalue weighted by Crippen LogP contribution is 2.44. The molecule has 3 aromatic rings. The molecule has 3 heterocycles. The summed E-state index contributed by atoms with van der Waals surface area (Å²) in [5.41, 5.74) is 1.53. The van der Waals surface area contributed by atoms with Crippen molar-refractivity contribution >= 4 is 23.3 Å². The molecule has 0 saturated carbocycles. The number of piperidine rings is 1. The topological polar surface area (TPSA) is 74.5 Å². The number of carbonyl (C=O) groups excluding carboxylic acids is 1. The number of aryl methyl sites for hydroxylation is 1. The Kier molecular flexibility index (Phi) is 5.61. The molecule has 2 aliphatic heterocycles. The van der Waals surface area contributed by atoms with Crippen LogP contribution in [0.15, 0.2) is 59.1 Å². The molecule has 2 fully saturated rings. The summed E-state index contributed by atoms with van der Waals surface area (Å²) in [5, 5.41) is 7.80. The largest absolute Gasteiger partial charge is 0.340 e. The van der Waals surface area contributed by atoms with Crippen LogP contribution in [0.3, 0.4) is 0 Å². The summed E-state index contributed by atoms with van der Waals surface area (Å²) in [6, 6.07) is 17.6. The van der Waals surface area contributed by atoms with Gasteiger partial charge in [0.1, 0.15) is 0 Å². The van der Waals surface area contributed by atoms with Crippen molar-refractivity contribution < 1.29 is 9.32 Å². The van der Waals surface area contributed by atoms with Gasteiger partial charge in [-0.25, -0.2) is 4.79 Å². The number of para-hydroxylation sites is 1. The fourth-order valence-electron chi connectivity index (χ4n) is 5.07. The van der Waals surface area contributed by atoms with E-state index in [0.717, 1.165) is 26.1 Å². The van der Waals surface area contributed by atoms with Crippen LogP contribution in [0.1, 0.15) is 23.7 Å². The van der Waals surface area contributed by atoms with Crippen LogP contribution in [-0.4, -0.2) is 52.2 Å². The van der Waals surface area contributed by atoms with Crippen molar-refractivity contribution in [2.24, 2.45) is 5.92 Å². The lowest BCUT2D eigenvalue weighted by Gasteiger charge is -2.42. The van der Waals surface area contributed by atoms with Gasteiger partial charge >= 0.3 is 6.03 Å². The molecule has 0 aliphatic carbocycles. The van der Waals surface area contributed by atoms with Crippen LogP contribution in [0, 0.1) is 12.8 Å². The SMILES string of the molecule is Cc1nc([C@@]23CN(Cc4ccccc4)C[C@@H]2CCN(C(=O)Nc2ccccc2Cl)C3)no1. The molecule has 0 radical (unpaired) electrons. The molecule has 166 valence electrons. The molecule has 0 unspecified atom stereocenters. The first-order valence-corrected chi connectivity index (χ1v) is 11.3. The zero-order chi connectivity index (χ0) is 22.1. The monoisotopic (exact) mass is 451 g/mol. The number of nitrogens with one attached hydrogen (secondary N) is 1. The summed E-state index contributed by atoms with van der Waals surface area (Å²) < 4.78 is 5.37. The standard InChI is InChI=1S/C24H26ClN5O2/c1-17-26-22(28-32-17)24-15-29(13-18-7-3-2-4-8-18)14-19(24)11-12-30(16-24)23(31)27-21-10-6-5-9-20(21)25/h2-10,19H,11-16H2,1H3,(H,27,31)/t19-,24+/m0/s1. The van der Waals surface area contributed by atoms with Crippen molar-refractivity contribution in [1.82, 2.24) is 19.9 Å². The third kappa shape index (κ3) is 3.98. The maximum absolute atomic E-state index is 13.1. The Balaban J connectivity index is 1.39. The lowest BCUT2D eigenvalue weighted by atomic mass is 9.72. The Morgan fingerprint density at radius 2 is 1.97 bits per heavy atom. The van der Waals surface area contributed by atoms with Crippen LogP contribution < -0.4 is 5.32 Å². The van der Waals surface area contributed by atoms with E-state index in [1.54, 1.807) is 6.07 Å². The minimum Gasteiger partial charge on any atom is -0.340 e. The number of likely N-dealkylation sites (tertiary alicyclic amines) is 2. The van der Waals surface area contributed by atoms with Crippen LogP contribution in [0.2, 0.25) is 5.02 Å². The Hall–Kier alpha value is -2.90.